The number of fused-ring (bicyclic) bond motifs is 1. The van der Waals surface area contributed by atoms with Crippen LogP contribution in [-0.4, -0.2) is 8.32 Å². The van der Waals surface area contributed by atoms with E-state index in [2.05, 4.69) is 40.8 Å². The molecule has 2 nitrogen and oxygen atoms in total. The Morgan fingerprint density at radius 3 is 2.28 bits per heavy atom. The lowest BCUT2D eigenvalue weighted by Crippen LogP contribution is -2.43. The van der Waals surface area contributed by atoms with E-state index < -0.39 is 8.32 Å². The second-order valence-electron chi connectivity index (χ2n) is 6.99. The van der Waals surface area contributed by atoms with Crippen LogP contribution in [0.15, 0.2) is 4.42 Å². The van der Waals surface area contributed by atoms with Gasteiger partial charge in [-0.25, -0.2) is 0 Å². The lowest BCUT2D eigenvalue weighted by molar-refractivity contribution is 0.344. The largest absolute Gasteiger partial charge is 0.518 e. The molecule has 0 aliphatic heterocycles. The van der Waals surface area contributed by atoms with Gasteiger partial charge in [0.25, 0.3) is 14.3 Å². The van der Waals surface area contributed by atoms with Gasteiger partial charge in [-0.15, -0.1) is 0 Å². The van der Waals surface area contributed by atoms with Crippen LogP contribution in [0, 0.1) is 6.92 Å². The summed E-state index contributed by atoms with van der Waals surface area (Å²) in [6, 6.07) is 0. The van der Waals surface area contributed by atoms with Crippen molar-refractivity contribution < 1.29 is 8.84 Å². The first-order valence-electron chi connectivity index (χ1n) is 7.02. The highest BCUT2D eigenvalue weighted by molar-refractivity contribution is 6.74. The van der Waals surface area contributed by atoms with Gasteiger partial charge >= 0.3 is 0 Å². The smallest absolute Gasteiger partial charge is 0.274 e. The maximum atomic E-state index is 6.32. The summed E-state index contributed by atoms with van der Waals surface area (Å²) >= 11 is 0. The first-order valence-corrected chi connectivity index (χ1v) is 9.93. The predicted molar refractivity (Wildman–Crippen MR) is 77.9 cm³/mol. The first-order chi connectivity index (χ1) is 8.22. The molecule has 3 heteroatoms. The molecule has 0 atom stereocenters. The number of hydrogen-bond acceptors (Lipinski definition) is 2. The molecule has 1 aromatic rings. The minimum Gasteiger partial charge on any atom is -0.518 e. The molecular formula is C15H26O2Si. The van der Waals surface area contributed by atoms with Crippen molar-refractivity contribution >= 4 is 8.32 Å². The summed E-state index contributed by atoms with van der Waals surface area (Å²) in [7, 11) is -1.79. The monoisotopic (exact) mass is 266 g/mol. The summed E-state index contributed by atoms with van der Waals surface area (Å²) in [5, 5.41) is 0.215. The third kappa shape index (κ3) is 2.37. The summed E-state index contributed by atoms with van der Waals surface area (Å²) in [4.78, 5) is 0. The Bertz CT molecular complexity index is 438. The van der Waals surface area contributed by atoms with Crippen LogP contribution in [0.1, 0.15) is 50.5 Å². The standard InChI is InChI=1S/C15H26O2Si/c1-11-12-9-7-8-10-13(12)16-14(11)17-18(5,6)15(2,3)4/h7-10H2,1-6H3. The Labute approximate surface area is 112 Å². The number of aryl methyl sites for hydroxylation is 1. The first kappa shape index (κ1) is 13.7. The van der Waals surface area contributed by atoms with E-state index in [4.69, 9.17) is 8.84 Å². The average molecular weight is 266 g/mol. The van der Waals surface area contributed by atoms with Crippen LogP contribution in [0.2, 0.25) is 18.1 Å². The van der Waals surface area contributed by atoms with Crippen molar-refractivity contribution in [1.29, 1.82) is 0 Å². The zero-order valence-electron chi connectivity index (χ0n) is 12.6. The quantitative estimate of drug-likeness (QED) is 0.714. The van der Waals surface area contributed by atoms with Gasteiger partial charge in [-0.3, -0.25) is 0 Å². The van der Waals surface area contributed by atoms with Crippen LogP contribution in [0.5, 0.6) is 5.95 Å². The minimum absolute atomic E-state index is 0.215. The summed E-state index contributed by atoms with van der Waals surface area (Å²) in [5.74, 6) is 1.97. The van der Waals surface area contributed by atoms with E-state index in [-0.39, 0.29) is 5.04 Å². The van der Waals surface area contributed by atoms with Crippen LogP contribution >= 0.6 is 0 Å². The highest BCUT2D eigenvalue weighted by Gasteiger charge is 2.40. The highest BCUT2D eigenvalue weighted by Crippen LogP contribution is 2.41. The van der Waals surface area contributed by atoms with Gasteiger partial charge in [-0.05, 0) is 44.3 Å². The predicted octanol–water partition coefficient (Wildman–Crippen LogP) is 4.85. The Morgan fingerprint density at radius 2 is 1.72 bits per heavy atom. The molecule has 1 aliphatic carbocycles. The second kappa shape index (κ2) is 4.44. The lowest BCUT2D eigenvalue weighted by Gasteiger charge is -2.35. The molecule has 2 rings (SSSR count). The van der Waals surface area contributed by atoms with Crippen LogP contribution < -0.4 is 4.43 Å². The van der Waals surface area contributed by atoms with Crippen molar-refractivity contribution in [3.63, 3.8) is 0 Å². The van der Waals surface area contributed by atoms with E-state index in [1.165, 1.54) is 29.7 Å². The average Bonchev–Trinajstić information content (AvgIpc) is 2.54. The van der Waals surface area contributed by atoms with E-state index in [1.807, 2.05) is 0 Å². The van der Waals surface area contributed by atoms with Crippen LogP contribution in [0.4, 0.5) is 0 Å². The maximum Gasteiger partial charge on any atom is 0.274 e. The van der Waals surface area contributed by atoms with Crippen molar-refractivity contribution in [2.75, 3.05) is 0 Å². The molecule has 0 unspecified atom stereocenters. The zero-order valence-corrected chi connectivity index (χ0v) is 13.6. The van der Waals surface area contributed by atoms with E-state index in [1.54, 1.807) is 0 Å². The molecule has 0 bridgehead atoms. The molecule has 0 N–H and O–H groups in total. The molecule has 0 aromatic carbocycles. The molecule has 0 radical (unpaired) electrons. The molecule has 0 fully saturated rings. The molecule has 102 valence electrons. The van der Waals surface area contributed by atoms with Gasteiger partial charge in [0.05, 0.1) is 0 Å². The van der Waals surface area contributed by atoms with Gasteiger partial charge in [0.1, 0.15) is 5.76 Å². The Morgan fingerprint density at radius 1 is 1.11 bits per heavy atom. The number of furan rings is 1. The van der Waals surface area contributed by atoms with E-state index >= 15 is 0 Å². The fourth-order valence-electron chi connectivity index (χ4n) is 2.18. The molecular weight excluding hydrogens is 240 g/mol. The van der Waals surface area contributed by atoms with Gasteiger partial charge < -0.3 is 8.84 Å². The van der Waals surface area contributed by atoms with Gasteiger partial charge in [0, 0.05) is 17.5 Å². The molecule has 18 heavy (non-hydrogen) atoms. The van der Waals surface area contributed by atoms with E-state index in [0.717, 1.165) is 18.8 Å². The Balaban J connectivity index is 2.28. The van der Waals surface area contributed by atoms with Crippen LogP contribution in [0.25, 0.3) is 0 Å². The van der Waals surface area contributed by atoms with Crippen molar-refractivity contribution in [2.24, 2.45) is 0 Å². The van der Waals surface area contributed by atoms with Crippen molar-refractivity contribution in [2.45, 2.75) is 71.5 Å². The zero-order chi connectivity index (χ0) is 13.6. The fraction of sp³-hybridized carbons (Fsp3) is 0.733. The summed E-state index contributed by atoms with van der Waals surface area (Å²) < 4.78 is 12.3. The molecule has 1 aromatic heterocycles. The van der Waals surface area contributed by atoms with Gasteiger partial charge in [0.2, 0.25) is 0 Å². The van der Waals surface area contributed by atoms with E-state index in [9.17, 15) is 0 Å². The van der Waals surface area contributed by atoms with Gasteiger partial charge in [0.15, 0.2) is 0 Å². The highest BCUT2D eigenvalue weighted by atomic mass is 28.4. The lowest BCUT2D eigenvalue weighted by atomic mass is 9.96. The molecule has 0 saturated heterocycles. The van der Waals surface area contributed by atoms with Crippen molar-refractivity contribution in [3.8, 4) is 5.95 Å². The maximum absolute atomic E-state index is 6.32. The minimum atomic E-state index is -1.79. The normalized spacial score (nSPS) is 16.6. The van der Waals surface area contributed by atoms with Crippen molar-refractivity contribution in [3.05, 3.63) is 16.9 Å². The summed E-state index contributed by atoms with van der Waals surface area (Å²) in [6.07, 6.45) is 4.77. The van der Waals surface area contributed by atoms with Crippen LogP contribution in [0.3, 0.4) is 0 Å². The molecule has 1 heterocycles. The number of rotatable bonds is 2. The third-order valence-corrected chi connectivity index (χ3v) is 8.85. The molecule has 0 amide bonds. The van der Waals surface area contributed by atoms with Gasteiger partial charge in [-0.2, -0.15) is 0 Å². The summed E-state index contributed by atoms with van der Waals surface area (Å²) in [5.41, 5.74) is 2.66. The number of hydrogen-bond donors (Lipinski definition) is 0. The summed E-state index contributed by atoms with van der Waals surface area (Å²) in [6.45, 7) is 13.5. The topological polar surface area (TPSA) is 22.4 Å². The molecule has 0 saturated carbocycles. The molecule has 0 spiro atoms. The molecule has 1 aliphatic rings. The van der Waals surface area contributed by atoms with Crippen molar-refractivity contribution in [1.82, 2.24) is 0 Å². The Kier molecular flexibility index (Phi) is 3.39. The Hall–Kier alpha value is -0.703. The van der Waals surface area contributed by atoms with Gasteiger partial charge in [-0.1, -0.05) is 20.8 Å². The third-order valence-electron chi connectivity index (χ3n) is 4.55. The van der Waals surface area contributed by atoms with Crippen LogP contribution in [-0.2, 0) is 12.8 Å². The SMILES string of the molecule is Cc1c(O[Si](C)(C)C(C)(C)C)oc2c1CCCC2. The van der Waals surface area contributed by atoms with E-state index in [0.29, 0.717) is 0 Å². The second-order valence-corrected chi connectivity index (χ2v) is 11.7. The fourth-order valence-corrected chi connectivity index (χ4v) is 3.15.